The van der Waals surface area contributed by atoms with Crippen molar-refractivity contribution < 1.29 is 9.53 Å². The molecule has 0 aromatic heterocycles. The second-order valence-corrected chi connectivity index (χ2v) is 4.03. The van der Waals surface area contributed by atoms with Gasteiger partial charge in [0, 0.05) is 26.1 Å². The van der Waals surface area contributed by atoms with Gasteiger partial charge in [-0.2, -0.15) is 0 Å². The number of carbonyl (C=O) groups is 1. The van der Waals surface area contributed by atoms with Crippen molar-refractivity contribution in [1.29, 1.82) is 0 Å². The van der Waals surface area contributed by atoms with Crippen LogP contribution in [0.4, 0.5) is 0 Å². The van der Waals surface area contributed by atoms with Crippen LogP contribution in [0.5, 0.6) is 0 Å². The summed E-state index contributed by atoms with van der Waals surface area (Å²) < 4.78 is 5.41. The van der Waals surface area contributed by atoms with Crippen molar-refractivity contribution in [3.8, 4) is 0 Å². The largest absolute Gasteiger partial charge is 0.373 e. The number of nitrogens with zero attached hydrogens (tertiary/aromatic N) is 1. The lowest BCUT2D eigenvalue weighted by Crippen LogP contribution is -2.48. The van der Waals surface area contributed by atoms with Crippen molar-refractivity contribution in [1.82, 2.24) is 4.90 Å². The highest BCUT2D eigenvalue weighted by atomic mass is 35.5. The lowest BCUT2D eigenvalue weighted by atomic mass is 10.1. The lowest BCUT2D eigenvalue weighted by Gasteiger charge is -2.32. The van der Waals surface area contributed by atoms with Gasteiger partial charge in [-0.25, -0.2) is 0 Å². The van der Waals surface area contributed by atoms with Gasteiger partial charge in [0.15, 0.2) is 0 Å². The number of hydrogen-bond acceptors (Lipinski definition) is 3. The van der Waals surface area contributed by atoms with Crippen molar-refractivity contribution in [2.24, 2.45) is 5.73 Å². The zero-order valence-corrected chi connectivity index (χ0v) is 10.8. The Bertz CT molecular complexity index is 202. The Labute approximate surface area is 104 Å². The molecule has 1 aliphatic rings. The van der Waals surface area contributed by atoms with Crippen LogP contribution >= 0.6 is 12.4 Å². The molecule has 1 amide bonds. The summed E-state index contributed by atoms with van der Waals surface area (Å²) in [4.78, 5) is 13.6. The van der Waals surface area contributed by atoms with Crippen LogP contribution in [0.15, 0.2) is 0 Å². The summed E-state index contributed by atoms with van der Waals surface area (Å²) in [5, 5.41) is 0. The fourth-order valence-corrected chi connectivity index (χ4v) is 1.77. The SMILES string of the molecule is CCCCCC(=O)N1CCOC(CN)C1.Cl. The highest BCUT2D eigenvalue weighted by molar-refractivity contribution is 5.85. The summed E-state index contributed by atoms with van der Waals surface area (Å²) in [6, 6.07) is 0. The molecule has 0 aliphatic carbocycles. The fourth-order valence-electron chi connectivity index (χ4n) is 1.77. The van der Waals surface area contributed by atoms with Crippen molar-refractivity contribution >= 4 is 18.3 Å². The molecule has 4 nitrogen and oxygen atoms in total. The molecular formula is C11H23ClN2O2. The Balaban J connectivity index is 0.00000225. The summed E-state index contributed by atoms with van der Waals surface area (Å²) in [7, 11) is 0. The maximum Gasteiger partial charge on any atom is 0.222 e. The second kappa shape index (κ2) is 8.79. The Morgan fingerprint density at radius 1 is 1.50 bits per heavy atom. The third kappa shape index (κ3) is 5.14. The molecule has 96 valence electrons. The standard InChI is InChI=1S/C11H22N2O2.ClH/c1-2-3-4-5-11(14)13-6-7-15-10(8-12)9-13;/h10H,2-9,12H2,1H3;1H. The van der Waals surface area contributed by atoms with Gasteiger partial charge >= 0.3 is 0 Å². The number of hydrogen-bond donors (Lipinski definition) is 1. The number of ether oxygens (including phenoxy) is 1. The van der Waals surface area contributed by atoms with E-state index < -0.39 is 0 Å². The monoisotopic (exact) mass is 250 g/mol. The van der Waals surface area contributed by atoms with Crippen LogP contribution in [-0.2, 0) is 9.53 Å². The molecule has 2 N–H and O–H groups in total. The number of amides is 1. The number of rotatable bonds is 5. The normalized spacial score (nSPS) is 20.4. The van der Waals surface area contributed by atoms with Crippen LogP contribution in [0.3, 0.4) is 0 Å². The molecule has 1 aliphatic heterocycles. The van der Waals surface area contributed by atoms with E-state index in [2.05, 4.69) is 6.92 Å². The van der Waals surface area contributed by atoms with E-state index in [0.717, 1.165) is 25.8 Å². The molecule has 0 spiro atoms. The van der Waals surface area contributed by atoms with Gasteiger partial charge in [0.05, 0.1) is 12.7 Å². The molecule has 1 saturated heterocycles. The average Bonchev–Trinajstić information content (AvgIpc) is 2.29. The molecule has 0 aromatic rings. The van der Waals surface area contributed by atoms with Gasteiger partial charge in [-0.1, -0.05) is 19.8 Å². The molecule has 1 rings (SSSR count). The van der Waals surface area contributed by atoms with Gasteiger partial charge in [0.1, 0.15) is 0 Å². The Morgan fingerprint density at radius 3 is 2.88 bits per heavy atom. The summed E-state index contributed by atoms with van der Waals surface area (Å²) in [6.45, 7) is 4.66. The quantitative estimate of drug-likeness (QED) is 0.746. The number of nitrogens with two attached hydrogens (primary N) is 1. The van der Waals surface area contributed by atoms with Crippen molar-refractivity contribution in [3.05, 3.63) is 0 Å². The van der Waals surface area contributed by atoms with Crippen LogP contribution in [-0.4, -0.2) is 43.2 Å². The Morgan fingerprint density at radius 2 is 2.25 bits per heavy atom. The fraction of sp³-hybridized carbons (Fsp3) is 0.909. The molecular weight excluding hydrogens is 228 g/mol. The Hall–Kier alpha value is -0.320. The molecule has 1 unspecified atom stereocenters. The van der Waals surface area contributed by atoms with Crippen LogP contribution in [0.1, 0.15) is 32.6 Å². The van der Waals surface area contributed by atoms with Gasteiger partial charge in [-0.15, -0.1) is 12.4 Å². The van der Waals surface area contributed by atoms with Gasteiger partial charge < -0.3 is 15.4 Å². The van der Waals surface area contributed by atoms with E-state index in [1.165, 1.54) is 0 Å². The van der Waals surface area contributed by atoms with E-state index in [4.69, 9.17) is 10.5 Å². The first-order chi connectivity index (χ1) is 7.27. The van der Waals surface area contributed by atoms with E-state index in [1.807, 2.05) is 4.90 Å². The van der Waals surface area contributed by atoms with Crippen LogP contribution < -0.4 is 5.73 Å². The molecule has 0 saturated carbocycles. The Kier molecular flexibility index (Phi) is 8.61. The average molecular weight is 251 g/mol. The molecule has 0 bridgehead atoms. The lowest BCUT2D eigenvalue weighted by molar-refractivity contribution is -0.138. The predicted octanol–water partition coefficient (Wildman–Crippen LogP) is 1.17. The number of carbonyl (C=O) groups excluding carboxylic acids is 1. The number of unbranched alkanes of at least 4 members (excludes halogenated alkanes) is 2. The van der Waals surface area contributed by atoms with Crippen LogP contribution in [0.25, 0.3) is 0 Å². The summed E-state index contributed by atoms with van der Waals surface area (Å²) in [5.41, 5.74) is 5.52. The molecule has 1 heterocycles. The topological polar surface area (TPSA) is 55.6 Å². The number of halogens is 1. The van der Waals surface area contributed by atoms with Crippen LogP contribution in [0, 0.1) is 0 Å². The van der Waals surface area contributed by atoms with Crippen molar-refractivity contribution in [2.45, 2.75) is 38.7 Å². The summed E-state index contributed by atoms with van der Waals surface area (Å²) >= 11 is 0. The third-order valence-corrected chi connectivity index (χ3v) is 2.75. The molecule has 16 heavy (non-hydrogen) atoms. The minimum atomic E-state index is 0. The molecule has 0 radical (unpaired) electrons. The van der Waals surface area contributed by atoms with Gasteiger partial charge in [-0.3, -0.25) is 4.79 Å². The highest BCUT2D eigenvalue weighted by Crippen LogP contribution is 2.08. The smallest absolute Gasteiger partial charge is 0.222 e. The van der Waals surface area contributed by atoms with Gasteiger partial charge in [0.2, 0.25) is 5.91 Å². The first-order valence-electron chi connectivity index (χ1n) is 5.87. The summed E-state index contributed by atoms with van der Waals surface area (Å²) in [6.07, 6.45) is 4.00. The van der Waals surface area contributed by atoms with Crippen LogP contribution in [0.2, 0.25) is 0 Å². The maximum absolute atomic E-state index is 11.8. The third-order valence-electron chi connectivity index (χ3n) is 2.75. The zero-order chi connectivity index (χ0) is 11.1. The zero-order valence-electron chi connectivity index (χ0n) is 9.98. The minimum Gasteiger partial charge on any atom is -0.373 e. The maximum atomic E-state index is 11.8. The molecule has 1 fully saturated rings. The molecule has 5 heteroatoms. The van der Waals surface area contributed by atoms with E-state index in [9.17, 15) is 4.79 Å². The highest BCUT2D eigenvalue weighted by Gasteiger charge is 2.22. The van der Waals surface area contributed by atoms with E-state index in [1.54, 1.807) is 0 Å². The summed E-state index contributed by atoms with van der Waals surface area (Å²) in [5.74, 6) is 0.255. The van der Waals surface area contributed by atoms with E-state index in [-0.39, 0.29) is 24.4 Å². The molecule has 0 aromatic carbocycles. The van der Waals surface area contributed by atoms with E-state index >= 15 is 0 Å². The number of morpholine rings is 1. The second-order valence-electron chi connectivity index (χ2n) is 4.03. The molecule has 1 atom stereocenters. The predicted molar refractivity (Wildman–Crippen MR) is 66.8 cm³/mol. The van der Waals surface area contributed by atoms with Crippen molar-refractivity contribution in [3.63, 3.8) is 0 Å². The van der Waals surface area contributed by atoms with Crippen molar-refractivity contribution in [2.75, 3.05) is 26.2 Å². The van der Waals surface area contributed by atoms with E-state index in [0.29, 0.717) is 26.1 Å². The van der Waals surface area contributed by atoms with Gasteiger partial charge in [-0.05, 0) is 6.42 Å². The van der Waals surface area contributed by atoms with Gasteiger partial charge in [0.25, 0.3) is 0 Å². The first kappa shape index (κ1) is 15.7. The minimum absolute atomic E-state index is 0. The first-order valence-corrected chi connectivity index (χ1v) is 5.87.